The first-order chi connectivity index (χ1) is 12.5. The summed E-state index contributed by atoms with van der Waals surface area (Å²) >= 11 is 5.91. The summed E-state index contributed by atoms with van der Waals surface area (Å²) in [5.41, 5.74) is 4.71. The molecule has 130 valence electrons. The summed E-state index contributed by atoms with van der Waals surface area (Å²) < 4.78 is 3.29. The van der Waals surface area contributed by atoms with E-state index in [9.17, 15) is 4.79 Å². The lowest BCUT2D eigenvalue weighted by molar-refractivity contribution is 0.745. The topological polar surface area (TPSA) is 52.7 Å². The van der Waals surface area contributed by atoms with E-state index in [0.717, 1.165) is 11.3 Å². The van der Waals surface area contributed by atoms with Gasteiger partial charge in [0, 0.05) is 5.02 Å². The molecular formula is C20H17ClN4O. The predicted octanol–water partition coefficient (Wildman–Crippen LogP) is 3.90. The Hall–Kier alpha value is -2.92. The van der Waals surface area contributed by atoms with Gasteiger partial charge in [0.1, 0.15) is 11.7 Å². The summed E-state index contributed by atoms with van der Waals surface area (Å²) in [5, 5.41) is 5.55. The molecule has 2 aromatic heterocycles. The van der Waals surface area contributed by atoms with Crippen molar-refractivity contribution >= 4 is 22.6 Å². The van der Waals surface area contributed by atoms with Gasteiger partial charge in [-0.25, -0.2) is 9.67 Å². The third kappa shape index (κ3) is 2.91. The molecule has 0 saturated heterocycles. The van der Waals surface area contributed by atoms with Gasteiger partial charge < -0.3 is 0 Å². The van der Waals surface area contributed by atoms with Gasteiger partial charge in [-0.1, -0.05) is 29.8 Å². The molecule has 0 aliphatic heterocycles. The lowest BCUT2D eigenvalue weighted by Crippen LogP contribution is -2.21. The summed E-state index contributed by atoms with van der Waals surface area (Å²) in [6, 6.07) is 13.5. The molecule has 4 rings (SSSR count). The smallest absolute Gasteiger partial charge is 0.264 e. The maximum absolute atomic E-state index is 12.8. The van der Waals surface area contributed by atoms with Gasteiger partial charge in [-0.2, -0.15) is 5.10 Å². The van der Waals surface area contributed by atoms with E-state index < -0.39 is 0 Å². The zero-order chi connectivity index (χ0) is 18.3. The molecule has 4 aromatic rings. The lowest BCUT2D eigenvalue weighted by atomic mass is 10.1. The fraction of sp³-hybridized carbons (Fsp3) is 0.150. The predicted molar refractivity (Wildman–Crippen MR) is 103 cm³/mol. The standard InChI is InChI=1S/C20H17ClN4O/c1-13-3-8-17(9-14(13)2)25-19-18(10-23-25)20(26)24(12-22-19)11-15-4-6-16(21)7-5-15/h3-10,12H,11H2,1-2H3. The van der Waals surface area contributed by atoms with E-state index in [2.05, 4.69) is 23.9 Å². The average molecular weight is 365 g/mol. The first kappa shape index (κ1) is 16.5. The second-order valence-corrected chi connectivity index (χ2v) is 6.80. The average Bonchev–Trinajstić information content (AvgIpc) is 3.06. The molecule has 26 heavy (non-hydrogen) atoms. The fourth-order valence-electron chi connectivity index (χ4n) is 2.89. The molecule has 6 heteroatoms. The van der Waals surface area contributed by atoms with E-state index in [0.29, 0.717) is 22.6 Å². The van der Waals surface area contributed by atoms with Crippen LogP contribution in [0.1, 0.15) is 16.7 Å². The van der Waals surface area contributed by atoms with Gasteiger partial charge in [-0.3, -0.25) is 9.36 Å². The van der Waals surface area contributed by atoms with E-state index in [1.165, 1.54) is 11.1 Å². The van der Waals surface area contributed by atoms with Crippen molar-refractivity contribution in [2.75, 3.05) is 0 Å². The van der Waals surface area contributed by atoms with Crippen LogP contribution < -0.4 is 5.56 Å². The number of nitrogens with zero attached hydrogens (tertiary/aromatic N) is 4. The van der Waals surface area contributed by atoms with Crippen molar-refractivity contribution in [1.82, 2.24) is 19.3 Å². The summed E-state index contributed by atoms with van der Waals surface area (Å²) in [6.07, 6.45) is 3.15. The van der Waals surface area contributed by atoms with Gasteiger partial charge in [0.25, 0.3) is 5.56 Å². The number of aromatic nitrogens is 4. The van der Waals surface area contributed by atoms with Crippen LogP contribution in [-0.4, -0.2) is 19.3 Å². The van der Waals surface area contributed by atoms with Crippen LogP contribution in [0.25, 0.3) is 16.7 Å². The van der Waals surface area contributed by atoms with Crippen LogP contribution in [0.15, 0.2) is 59.8 Å². The number of hydrogen-bond acceptors (Lipinski definition) is 3. The highest BCUT2D eigenvalue weighted by molar-refractivity contribution is 6.30. The molecule has 0 unspecified atom stereocenters. The zero-order valence-corrected chi connectivity index (χ0v) is 15.2. The monoisotopic (exact) mass is 364 g/mol. The summed E-state index contributed by atoms with van der Waals surface area (Å²) in [5.74, 6) is 0. The van der Waals surface area contributed by atoms with Crippen molar-refractivity contribution in [1.29, 1.82) is 0 Å². The minimum Gasteiger partial charge on any atom is -0.294 e. The van der Waals surface area contributed by atoms with Crippen molar-refractivity contribution in [3.05, 3.63) is 87.1 Å². The quantitative estimate of drug-likeness (QED) is 0.554. The third-order valence-corrected chi connectivity index (χ3v) is 4.81. The van der Waals surface area contributed by atoms with E-state index in [-0.39, 0.29) is 5.56 Å². The molecule has 0 amide bonds. The van der Waals surface area contributed by atoms with Crippen LogP contribution in [0.5, 0.6) is 0 Å². The van der Waals surface area contributed by atoms with Crippen LogP contribution >= 0.6 is 11.6 Å². The van der Waals surface area contributed by atoms with Crippen molar-refractivity contribution < 1.29 is 0 Å². The van der Waals surface area contributed by atoms with E-state index in [4.69, 9.17) is 11.6 Å². The van der Waals surface area contributed by atoms with Crippen molar-refractivity contribution in [2.45, 2.75) is 20.4 Å². The Morgan fingerprint density at radius 3 is 2.54 bits per heavy atom. The molecule has 2 heterocycles. The highest BCUT2D eigenvalue weighted by Gasteiger charge is 2.12. The molecule has 0 N–H and O–H groups in total. The normalized spacial score (nSPS) is 11.2. The molecule has 0 radical (unpaired) electrons. The third-order valence-electron chi connectivity index (χ3n) is 4.56. The van der Waals surface area contributed by atoms with E-state index in [1.54, 1.807) is 21.8 Å². The Kier molecular flexibility index (Phi) is 4.09. The number of benzene rings is 2. The molecule has 0 atom stereocenters. The Morgan fingerprint density at radius 2 is 1.81 bits per heavy atom. The number of hydrogen-bond donors (Lipinski definition) is 0. The van der Waals surface area contributed by atoms with Gasteiger partial charge in [0.15, 0.2) is 5.65 Å². The van der Waals surface area contributed by atoms with Crippen LogP contribution in [0, 0.1) is 13.8 Å². The first-order valence-electron chi connectivity index (χ1n) is 8.28. The Bertz CT molecular complexity index is 1160. The number of rotatable bonds is 3. The lowest BCUT2D eigenvalue weighted by Gasteiger charge is -2.08. The molecule has 2 aromatic carbocycles. The van der Waals surface area contributed by atoms with Crippen LogP contribution in [0.4, 0.5) is 0 Å². The second-order valence-electron chi connectivity index (χ2n) is 6.37. The van der Waals surface area contributed by atoms with Gasteiger partial charge in [0.05, 0.1) is 18.4 Å². The van der Waals surface area contributed by atoms with Crippen LogP contribution in [-0.2, 0) is 6.54 Å². The van der Waals surface area contributed by atoms with Gasteiger partial charge in [-0.05, 0) is 54.8 Å². The maximum atomic E-state index is 12.8. The highest BCUT2D eigenvalue weighted by Crippen LogP contribution is 2.17. The molecule has 0 fully saturated rings. The minimum atomic E-state index is -0.111. The molecular weight excluding hydrogens is 348 g/mol. The Morgan fingerprint density at radius 1 is 1.04 bits per heavy atom. The summed E-state index contributed by atoms with van der Waals surface area (Å²) in [4.78, 5) is 17.3. The molecule has 0 aliphatic carbocycles. The summed E-state index contributed by atoms with van der Waals surface area (Å²) in [6.45, 7) is 4.55. The van der Waals surface area contributed by atoms with Crippen molar-refractivity contribution in [3.8, 4) is 5.69 Å². The van der Waals surface area contributed by atoms with Crippen molar-refractivity contribution in [2.24, 2.45) is 0 Å². The molecule has 0 aliphatic rings. The van der Waals surface area contributed by atoms with E-state index in [1.807, 2.05) is 42.5 Å². The number of aryl methyl sites for hydroxylation is 2. The van der Waals surface area contributed by atoms with E-state index >= 15 is 0 Å². The van der Waals surface area contributed by atoms with Gasteiger partial charge in [0.2, 0.25) is 0 Å². The maximum Gasteiger partial charge on any atom is 0.264 e. The molecule has 5 nitrogen and oxygen atoms in total. The Balaban J connectivity index is 1.76. The molecule has 0 bridgehead atoms. The fourth-order valence-corrected chi connectivity index (χ4v) is 3.02. The summed E-state index contributed by atoms with van der Waals surface area (Å²) in [7, 11) is 0. The minimum absolute atomic E-state index is 0.111. The van der Waals surface area contributed by atoms with Gasteiger partial charge in [-0.15, -0.1) is 0 Å². The first-order valence-corrected chi connectivity index (χ1v) is 8.66. The van der Waals surface area contributed by atoms with Crippen LogP contribution in [0.2, 0.25) is 5.02 Å². The highest BCUT2D eigenvalue weighted by atomic mass is 35.5. The number of halogens is 1. The SMILES string of the molecule is Cc1ccc(-n2ncc3c(=O)n(Cc4ccc(Cl)cc4)cnc32)cc1C. The Labute approximate surface area is 155 Å². The second kappa shape index (κ2) is 6.42. The molecule has 0 saturated carbocycles. The van der Waals surface area contributed by atoms with Gasteiger partial charge >= 0.3 is 0 Å². The van der Waals surface area contributed by atoms with Crippen molar-refractivity contribution in [3.63, 3.8) is 0 Å². The van der Waals surface area contributed by atoms with Crippen LogP contribution in [0.3, 0.4) is 0 Å². The number of fused-ring (bicyclic) bond motifs is 1. The molecule has 0 spiro atoms. The largest absolute Gasteiger partial charge is 0.294 e. The zero-order valence-electron chi connectivity index (χ0n) is 14.5.